The number of anilines is 2. The van der Waals surface area contributed by atoms with E-state index in [9.17, 15) is 9.59 Å². The summed E-state index contributed by atoms with van der Waals surface area (Å²) >= 11 is 0. The van der Waals surface area contributed by atoms with Gasteiger partial charge in [0.2, 0.25) is 11.8 Å². The van der Waals surface area contributed by atoms with Gasteiger partial charge in [-0.3, -0.25) is 14.5 Å². The van der Waals surface area contributed by atoms with E-state index in [4.69, 9.17) is 0 Å². The maximum Gasteiger partial charge on any atom is 0.244 e. The summed E-state index contributed by atoms with van der Waals surface area (Å²) in [6.07, 6.45) is 8.32. The first-order valence-corrected chi connectivity index (χ1v) is 15.5. The first kappa shape index (κ1) is 31.2. The topological polar surface area (TPSA) is 77.6 Å². The van der Waals surface area contributed by atoms with Crippen molar-refractivity contribution < 1.29 is 9.59 Å². The minimum absolute atomic E-state index is 0.00623. The van der Waals surface area contributed by atoms with Gasteiger partial charge < -0.3 is 15.5 Å². The molecular weight excluding hydrogens is 546 g/mol. The third kappa shape index (κ3) is 6.94. The monoisotopic (exact) mass is 591 g/mol. The lowest BCUT2D eigenvalue weighted by Gasteiger charge is -2.30. The fourth-order valence-electron chi connectivity index (χ4n) is 6.58. The molecule has 0 saturated carbocycles. The van der Waals surface area contributed by atoms with Crippen LogP contribution in [0.25, 0.3) is 0 Å². The lowest BCUT2D eigenvalue weighted by Crippen LogP contribution is -2.43. The summed E-state index contributed by atoms with van der Waals surface area (Å²) in [5, 5.41) is 6.57. The number of pyridine rings is 1. The summed E-state index contributed by atoms with van der Waals surface area (Å²) in [5.74, 6) is 0.720. The molecule has 2 N–H and O–H groups in total. The van der Waals surface area contributed by atoms with Crippen molar-refractivity contribution in [2.24, 2.45) is 5.41 Å². The highest BCUT2D eigenvalue weighted by atomic mass is 16.2. The molecule has 2 amide bonds. The molecule has 2 aliphatic rings. The van der Waals surface area contributed by atoms with Crippen LogP contribution in [0.1, 0.15) is 48.6 Å². The van der Waals surface area contributed by atoms with Crippen LogP contribution < -0.4 is 10.6 Å². The molecule has 1 atom stereocenters. The Morgan fingerprint density at radius 3 is 2.45 bits per heavy atom. The quantitative estimate of drug-likeness (QED) is 0.262. The van der Waals surface area contributed by atoms with Crippen molar-refractivity contribution in [1.29, 1.82) is 0 Å². The number of carbonyl (C=O) groups is 2. The molecule has 2 aromatic carbocycles. The molecule has 44 heavy (non-hydrogen) atoms. The van der Waals surface area contributed by atoms with E-state index in [2.05, 4.69) is 64.0 Å². The highest BCUT2D eigenvalue weighted by Crippen LogP contribution is 2.46. The van der Waals surface area contributed by atoms with Gasteiger partial charge in [-0.15, -0.1) is 13.2 Å². The first-order chi connectivity index (χ1) is 21.1. The maximum absolute atomic E-state index is 13.6. The van der Waals surface area contributed by atoms with Crippen molar-refractivity contribution in [2.45, 2.75) is 52.0 Å². The molecule has 2 heterocycles. The Balaban J connectivity index is 1.28. The van der Waals surface area contributed by atoms with Gasteiger partial charge in [0.15, 0.2) is 0 Å². The van der Waals surface area contributed by atoms with E-state index in [1.165, 1.54) is 22.3 Å². The third-order valence-corrected chi connectivity index (χ3v) is 8.74. The van der Waals surface area contributed by atoms with Crippen LogP contribution >= 0.6 is 0 Å². The summed E-state index contributed by atoms with van der Waals surface area (Å²) < 4.78 is 0. The second kappa shape index (κ2) is 13.2. The Kier molecular flexibility index (Phi) is 9.35. The van der Waals surface area contributed by atoms with E-state index in [-0.39, 0.29) is 23.8 Å². The minimum atomic E-state index is -0.623. The number of fused-ring (bicyclic) bond motifs is 3. The molecule has 3 aromatic rings. The molecule has 7 heteroatoms. The summed E-state index contributed by atoms with van der Waals surface area (Å²) in [6, 6.07) is 18.6. The van der Waals surface area contributed by atoms with E-state index in [1.54, 1.807) is 4.90 Å². The normalized spacial score (nSPS) is 16.7. The molecular formula is C37H45N5O2. The fourth-order valence-corrected chi connectivity index (χ4v) is 6.58. The molecule has 7 nitrogen and oxygen atoms in total. The number of aromatic nitrogens is 1. The summed E-state index contributed by atoms with van der Waals surface area (Å²) in [4.78, 5) is 35.5. The molecule has 230 valence electrons. The molecule has 0 saturated heterocycles. The Labute approximate surface area is 262 Å². The molecule has 1 spiro atoms. The van der Waals surface area contributed by atoms with E-state index < -0.39 is 5.41 Å². The average Bonchev–Trinajstić information content (AvgIpc) is 3.55. The maximum atomic E-state index is 13.6. The SMILES string of the molecule is C=CCN(CC=C)CCc1ccccc1CN(CC(=O)Nc1ccc2c(c1)CC1(CNc3ncccc31)C2)C(=O)C(C)(C)C. The van der Waals surface area contributed by atoms with Crippen molar-refractivity contribution in [1.82, 2.24) is 14.8 Å². The number of carbonyl (C=O) groups excluding carboxylic acids is 2. The summed E-state index contributed by atoms with van der Waals surface area (Å²) in [6.45, 7) is 17.1. The van der Waals surface area contributed by atoms with Crippen LogP contribution in [0, 0.1) is 5.41 Å². The van der Waals surface area contributed by atoms with Crippen LogP contribution in [-0.2, 0) is 40.8 Å². The van der Waals surface area contributed by atoms with Crippen molar-refractivity contribution in [3.63, 3.8) is 0 Å². The molecule has 1 aliphatic heterocycles. The van der Waals surface area contributed by atoms with Crippen LogP contribution in [-0.4, -0.2) is 59.3 Å². The number of rotatable bonds is 12. The van der Waals surface area contributed by atoms with E-state index in [0.29, 0.717) is 6.54 Å². The molecule has 0 bridgehead atoms. The number of benzene rings is 2. The largest absolute Gasteiger partial charge is 0.369 e. The molecule has 1 aliphatic carbocycles. The van der Waals surface area contributed by atoms with Gasteiger partial charge in [-0.05, 0) is 59.7 Å². The highest BCUT2D eigenvalue weighted by Gasteiger charge is 2.44. The Morgan fingerprint density at radius 1 is 1.00 bits per heavy atom. The Bertz CT molecular complexity index is 1530. The van der Waals surface area contributed by atoms with Gasteiger partial charge in [0.1, 0.15) is 12.4 Å². The zero-order valence-electron chi connectivity index (χ0n) is 26.4. The zero-order chi connectivity index (χ0) is 31.3. The van der Waals surface area contributed by atoms with Gasteiger partial charge in [0.25, 0.3) is 0 Å². The van der Waals surface area contributed by atoms with Gasteiger partial charge >= 0.3 is 0 Å². The number of hydrogen-bond donors (Lipinski definition) is 2. The second-order valence-electron chi connectivity index (χ2n) is 13.2. The summed E-state index contributed by atoms with van der Waals surface area (Å²) in [7, 11) is 0. The van der Waals surface area contributed by atoms with Crippen molar-refractivity contribution in [3.05, 3.63) is 114 Å². The molecule has 0 fully saturated rings. The smallest absolute Gasteiger partial charge is 0.244 e. The van der Waals surface area contributed by atoms with Crippen LogP contribution in [0.4, 0.5) is 11.5 Å². The summed E-state index contributed by atoms with van der Waals surface area (Å²) in [5.41, 5.74) is 6.20. The lowest BCUT2D eigenvalue weighted by molar-refractivity contribution is -0.142. The van der Waals surface area contributed by atoms with Crippen LogP contribution in [0.15, 0.2) is 86.1 Å². The number of hydrogen-bond acceptors (Lipinski definition) is 5. The van der Waals surface area contributed by atoms with E-state index in [1.807, 2.05) is 63.4 Å². The van der Waals surface area contributed by atoms with Crippen LogP contribution in [0.5, 0.6) is 0 Å². The highest BCUT2D eigenvalue weighted by molar-refractivity contribution is 5.95. The van der Waals surface area contributed by atoms with Crippen molar-refractivity contribution >= 4 is 23.3 Å². The van der Waals surface area contributed by atoms with Crippen molar-refractivity contribution in [2.75, 3.05) is 43.4 Å². The Hall–Kier alpha value is -4.23. The van der Waals surface area contributed by atoms with Gasteiger partial charge in [-0.25, -0.2) is 4.98 Å². The van der Waals surface area contributed by atoms with Crippen LogP contribution in [0.2, 0.25) is 0 Å². The lowest BCUT2D eigenvalue weighted by atomic mass is 9.80. The van der Waals surface area contributed by atoms with Gasteiger partial charge in [-0.2, -0.15) is 0 Å². The number of nitrogens with one attached hydrogen (secondary N) is 2. The second-order valence-corrected chi connectivity index (χ2v) is 13.2. The van der Waals surface area contributed by atoms with E-state index >= 15 is 0 Å². The predicted molar refractivity (Wildman–Crippen MR) is 179 cm³/mol. The predicted octanol–water partition coefficient (Wildman–Crippen LogP) is 5.77. The molecule has 1 aromatic heterocycles. The average molecular weight is 592 g/mol. The molecule has 5 rings (SSSR count). The van der Waals surface area contributed by atoms with Crippen molar-refractivity contribution in [3.8, 4) is 0 Å². The standard InChI is InChI=1S/C37H45N5O2/c1-6-18-41(19-7-2)20-16-27-11-8-9-12-29(27)24-42(35(44)36(3,4)5)25-33(43)40-31-15-14-28-22-37(23-30(28)21-31)26-39-34-32(37)13-10-17-38-34/h6-15,17,21H,1-2,16,18-20,22-26H2,3-5H3,(H,38,39)(H,40,43). The molecule has 0 radical (unpaired) electrons. The first-order valence-electron chi connectivity index (χ1n) is 15.5. The van der Waals surface area contributed by atoms with Gasteiger partial charge in [0.05, 0.1) is 0 Å². The number of amides is 2. The third-order valence-electron chi connectivity index (χ3n) is 8.74. The van der Waals surface area contributed by atoms with Gasteiger partial charge in [0, 0.05) is 61.0 Å². The minimum Gasteiger partial charge on any atom is -0.369 e. The van der Waals surface area contributed by atoms with E-state index in [0.717, 1.165) is 62.5 Å². The molecule has 1 unspecified atom stereocenters. The van der Waals surface area contributed by atoms with Crippen LogP contribution in [0.3, 0.4) is 0 Å². The van der Waals surface area contributed by atoms with Gasteiger partial charge in [-0.1, -0.05) is 69.3 Å². The zero-order valence-corrected chi connectivity index (χ0v) is 26.4. The number of nitrogens with zero attached hydrogens (tertiary/aromatic N) is 3. The Morgan fingerprint density at radius 2 is 1.73 bits per heavy atom. The fraction of sp³-hybridized carbons (Fsp3) is 0.378.